The van der Waals surface area contributed by atoms with Crippen molar-refractivity contribution in [2.24, 2.45) is 0 Å². The molecule has 0 fully saturated rings. The van der Waals surface area contributed by atoms with Crippen LogP contribution in [0.5, 0.6) is 0 Å². The maximum absolute atomic E-state index is 12.6. The minimum atomic E-state index is -0.135. The number of carbonyl (C=O) groups is 1. The second-order valence-electron chi connectivity index (χ2n) is 6.60. The Morgan fingerprint density at radius 3 is 2.73 bits per heavy atom. The number of aryl methyl sites for hydroxylation is 1. The quantitative estimate of drug-likeness (QED) is 0.645. The second-order valence-corrected chi connectivity index (χ2v) is 6.98. The van der Waals surface area contributed by atoms with Crippen LogP contribution in [0.15, 0.2) is 48.5 Å². The fraction of sp³-hybridized carbons (Fsp3) is 0.250. The van der Waals surface area contributed by atoms with E-state index >= 15 is 0 Å². The first kappa shape index (κ1) is 18.1. The van der Waals surface area contributed by atoms with Gasteiger partial charge in [-0.05, 0) is 42.8 Å². The zero-order valence-electron chi connectivity index (χ0n) is 15.1. The highest BCUT2D eigenvalue weighted by atomic mass is 32.1. The molecule has 1 aromatic heterocycles. The number of hydrogen-bond acceptors (Lipinski definition) is 3. The van der Waals surface area contributed by atoms with E-state index in [9.17, 15) is 4.79 Å². The van der Waals surface area contributed by atoms with Crippen LogP contribution in [-0.2, 0) is 11.3 Å². The summed E-state index contributed by atoms with van der Waals surface area (Å²) in [5.74, 6) is 0.848. The fourth-order valence-electron chi connectivity index (χ4n) is 2.92. The summed E-state index contributed by atoms with van der Waals surface area (Å²) < 4.78 is 2.14. The molecule has 0 spiro atoms. The summed E-state index contributed by atoms with van der Waals surface area (Å²) in [5, 5.41) is 10.1. The Morgan fingerprint density at radius 2 is 2.00 bits per heavy atom. The first-order chi connectivity index (χ1) is 12.5. The average Bonchev–Trinajstić information content (AvgIpc) is 2.96. The van der Waals surface area contributed by atoms with Gasteiger partial charge < -0.3 is 5.32 Å². The number of hydrogen-bond donors (Lipinski definition) is 2. The Bertz CT molecular complexity index is 987. The molecule has 26 heavy (non-hydrogen) atoms. The molecule has 0 bridgehead atoms. The third-order valence-corrected chi connectivity index (χ3v) is 4.50. The number of para-hydroxylation sites is 1. The van der Waals surface area contributed by atoms with E-state index in [0.29, 0.717) is 16.5 Å². The Kier molecular flexibility index (Phi) is 5.32. The van der Waals surface area contributed by atoms with Gasteiger partial charge in [-0.15, -0.1) is 0 Å². The lowest BCUT2D eigenvalue weighted by atomic mass is 10.0. The summed E-state index contributed by atoms with van der Waals surface area (Å²) in [5.41, 5.74) is 3.99. The summed E-state index contributed by atoms with van der Waals surface area (Å²) in [7, 11) is 0. The minimum absolute atomic E-state index is 0.102. The predicted octanol–water partition coefficient (Wildman–Crippen LogP) is 4.68. The van der Waals surface area contributed by atoms with Gasteiger partial charge in [-0.2, -0.15) is 5.10 Å². The van der Waals surface area contributed by atoms with Crippen molar-refractivity contribution >= 4 is 23.8 Å². The van der Waals surface area contributed by atoms with E-state index in [2.05, 4.69) is 29.4 Å². The van der Waals surface area contributed by atoms with Crippen molar-refractivity contribution in [1.82, 2.24) is 14.8 Å². The lowest BCUT2D eigenvalue weighted by molar-refractivity contribution is -0.116. The van der Waals surface area contributed by atoms with Crippen molar-refractivity contribution in [2.45, 2.75) is 33.2 Å². The van der Waals surface area contributed by atoms with E-state index in [1.54, 1.807) is 4.57 Å². The van der Waals surface area contributed by atoms with Crippen LogP contribution in [-0.4, -0.2) is 20.7 Å². The molecule has 3 rings (SSSR count). The Morgan fingerprint density at radius 1 is 1.23 bits per heavy atom. The number of amides is 1. The Labute approximate surface area is 158 Å². The van der Waals surface area contributed by atoms with Crippen molar-refractivity contribution in [3.8, 4) is 11.4 Å². The minimum Gasteiger partial charge on any atom is -0.324 e. The molecule has 0 radical (unpaired) electrons. The smallest absolute Gasteiger partial charge is 0.244 e. The van der Waals surface area contributed by atoms with Gasteiger partial charge in [0.05, 0.1) is 0 Å². The van der Waals surface area contributed by atoms with Gasteiger partial charge >= 0.3 is 0 Å². The third kappa shape index (κ3) is 3.91. The van der Waals surface area contributed by atoms with E-state index in [1.807, 2.05) is 55.5 Å². The molecular formula is C20H22N4OS. The van der Waals surface area contributed by atoms with Crippen LogP contribution in [0.2, 0.25) is 0 Å². The van der Waals surface area contributed by atoms with Crippen molar-refractivity contribution in [2.75, 3.05) is 5.32 Å². The Balaban J connectivity index is 1.85. The van der Waals surface area contributed by atoms with E-state index in [1.165, 1.54) is 0 Å². The summed E-state index contributed by atoms with van der Waals surface area (Å²) in [4.78, 5) is 12.6. The zero-order valence-corrected chi connectivity index (χ0v) is 15.9. The van der Waals surface area contributed by atoms with Gasteiger partial charge in [0.15, 0.2) is 10.6 Å². The van der Waals surface area contributed by atoms with Gasteiger partial charge in [0.1, 0.15) is 6.54 Å². The molecule has 1 heterocycles. The van der Waals surface area contributed by atoms with E-state index in [0.717, 1.165) is 22.4 Å². The number of aromatic nitrogens is 3. The van der Waals surface area contributed by atoms with Crippen LogP contribution in [0.1, 0.15) is 30.9 Å². The Hall–Kier alpha value is -2.73. The van der Waals surface area contributed by atoms with Gasteiger partial charge in [-0.1, -0.05) is 55.8 Å². The molecule has 0 saturated carbocycles. The van der Waals surface area contributed by atoms with E-state index < -0.39 is 0 Å². The van der Waals surface area contributed by atoms with Crippen LogP contribution in [0.25, 0.3) is 11.4 Å². The molecule has 5 nitrogen and oxygen atoms in total. The van der Waals surface area contributed by atoms with Crippen molar-refractivity contribution in [1.29, 1.82) is 0 Å². The molecule has 0 aliphatic rings. The number of rotatable bonds is 5. The predicted molar refractivity (Wildman–Crippen MR) is 107 cm³/mol. The topological polar surface area (TPSA) is 62.7 Å². The highest BCUT2D eigenvalue weighted by molar-refractivity contribution is 7.71. The zero-order chi connectivity index (χ0) is 18.7. The van der Waals surface area contributed by atoms with Crippen molar-refractivity contribution < 1.29 is 4.79 Å². The molecule has 1 amide bonds. The summed E-state index contributed by atoms with van der Waals surface area (Å²) in [6.45, 7) is 6.33. The van der Waals surface area contributed by atoms with Crippen LogP contribution in [0, 0.1) is 11.7 Å². The molecule has 0 unspecified atom stereocenters. The molecular weight excluding hydrogens is 344 g/mol. The standard InChI is InChI=1S/C20H22N4OS/c1-13(2)16-9-4-5-10-17(16)21-18(25)12-24-19(22-23-20(24)26)15-8-6-7-14(3)11-15/h4-11,13H,12H2,1-3H3,(H,21,25)(H,23,26). The molecule has 0 aliphatic carbocycles. The highest BCUT2D eigenvalue weighted by Crippen LogP contribution is 2.24. The average molecular weight is 366 g/mol. The number of benzene rings is 2. The van der Waals surface area contributed by atoms with Gasteiger partial charge in [0, 0.05) is 11.3 Å². The van der Waals surface area contributed by atoms with Gasteiger partial charge in [-0.25, -0.2) is 0 Å². The normalized spacial score (nSPS) is 10.9. The number of carbonyl (C=O) groups excluding carboxylic acids is 1. The summed E-state index contributed by atoms with van der Waals surface area (Å²) in [6.07, 6.45) is 0. The molecule has 2 aromatic carbocycles. The number of aromatic amines is 1. The van der Waals surface area contributed by atoms with Gasteiger partial charge in [0.25, 0.3) is 0 Å². The molecule has 0 saturated heterocycles. The molecule has 0 atom stereocenters. The number of H-pyrrole nitrogens is 1. The number of anilines is 1. The third-order valence-electron chi connectivity index (χ3n) is 4.19. The number of nitrogens with zero attached hydrogens (tertiary/aromatic N) is 2. The highest BCUT2D eigenvalue weighted by Gasteiger charge is 2.14. The van der Waals surface area contributed by atoms with E-state index in [-0.39, 0.29) is 12.5 Å². The SMILES string of the molecule is Cc1cccc(-c2n[nH]c(=S)n2CC(=O)Nc2ccccc2C(C)C)c1. The lowest BCUT2D eigenvalue weighted by Crippen LogP contribution is -2.20. The maximum atomic E-state index is 12.6. The molecule has 134 valence electrons. The molecule has 0 aliphatic heterocycles. The van der Waals surface area contributed by atoms with E-state index in [4.69, 9.17) is 12.2 Å². The van der Waals surface area contributed by atoms with Crippen molar-refractivity contribution in [3.05, 3.63) is 64.4 Å². The van der Waals surface area contributed by atoms with Crippen LogP contribution in [0.4, 0.5) is 5.69 Å². The molecule has 6 heteroatoms. The second kappa shape index (κ2) is 7.66. The summed E-state index contributed by atoms with van der Waals surface area (Å²) in [6, 6.07) is 15.8. The molecule has 2 N–H and O–H groups in total. The van der Waals surface area contributed by atoms with Crippen LogP contribution >= 0.6 is 12.2 Å². The largest absolute Gasteiger partial charge is 0.324 e. The first-order valence-corrected chi connectivity index (χ1v) is 8.97. The molecule has 3 aromatic rings. The number of nitrogens with one attached hydrogen (secondary N) is 2. The first-order valence-electron chi connectivity index (χ1n) is 8.56. The summed E-state index contributed by atoms with van der Waals surface area (Å²) >= 11 is 5.32. The van der Waals surface area contributed by atoms with Crippen LogP contribution in [0.3, 0.4) is 0 Å². The van der Waals surface area contributed by atoms with Crippen LogP contribution < -0.4 is 5.32 Å². The van der Waals surface area contributed by atoms with Gasteiger partial charge in [0.2, 0.25) is 5.91 Å². The van der Waals surface area contributed by atoms with Gasteiger partial charge in [-0.3, -0.25) is 14.5 Å². The fourth-order valence-corrected chi connectivity index (χ4v) is 3.11. The van der Waals surface area contributed by atoms with Crippen molar-refractivity contribution in [3.63, 3.8) is 0 Å². The lowest BCUT2D eigenvalue weighted by Gasteiger charge is -2.14. The maximum Gasteiger partial charge on any atom is 0.244 e. The monoisotopic (exact) mass is 366 g/mol.